The molecule has 0 heterocycles. The largest absolute Gasteiger partial charge is 0.115 e. The van der Waals surface area contributed by atoms with Gasteiger partial charge in [-0.25, -0.2) is 0 Å². The Hall–Kier alpha value is -1.78. The molecule has 0 radical (unpaired) electrons. The topological polar surface area (TPSA) is 0 Å². The highest BCUT2D eigenvalue weighted by atomic mass is 28.3. The summed E-state index contributed by atoms with van der Waals surface area (Å²) in [5.74, 6) is 2.79. The van der Waals surface area contributed by atoms with Crippen molar-refractivity contribution >= 4 is 13.3 Å². The quantitative estimate of drug-likeness (QED) is 0.566. The van der Waals surface area contributed by atoms with E-state index in [-0.39, 0.29) is 0 Å². The van der Waals surface area contributed by atoms with Gasteiger partial charge in [-0.15, -0.1) is 6.42 Å². The van der Waals surface area contributed by atoms with E-state index < -0.39 is 8.07 Å². The number of terminal acetylenes is 1. The molecule has 0 unspecified atom stereocenters. The van der Waals surface area contributed by atoms with Gasteiger partial charge in [0.15, 0.2) is 0 Å². The standard InChI is InChI=1S/C19H22Si/c1-6-16-10-7-8-13-19(16)17-11-9-12-18(14-17)20(4,5)15(2)3/h1,7-15H,2-5H3. The number of rotatable bonds is 3. The molecule has 1 heteroatoms. The summed E-state index contributed by atoms with van der Waals surface area (Å²) in [6.07, 6.45) is 5.62. The third-order valence-electron chi connectivity index (χ3n) is 4.44. The van der Waals surface area contributed by atoms with Gasteiger partial charge in [0.1, 0.15) is 0 Å². The molecule has 20 heavy (non-hydrogen) atoms. The molecule has 0 atom stereocenters. The van der Waals surface area contributed by atoms with Gasteiger partial charge in [-0.3, -0.25) is 0 Å². The van der Waals surface area contributed by atoms with Crippen molar-refractivity contribution in [1.82, 2.24) is 0 Å². The highest BCUT2D eigenvalue weighted by molar-refractivity contribution is 6.90. The average Bonchev–Trinajstić information content (AvgIpc) is 2.47. The van der Waals surface area contributed by atoms with Crippen LogP contribution in [0.1, 0.15) is 19.4 Å². The van der Waals surface area contributed by atoms with E-state index in [4.69, 9.17) is 6.42 Å². The zero-order chi connectivity index (χ0) is 14.8. The molecule has 102 valence electrons. The van der Waals surface area contributed by atoms with Crippen molar-refractivity contribution in [2.75, 3.05) is 0 Å². The summed E-state index contributed by atoms with van der Waals surface area (Å²) in [4.78, 5) is 0. The van der Waals surface area contributed by atoms with E-state index in [1.165, 1.54) is 10.8 Å². The van der Waals surface area contributed by atoms with Crippen LogP contribution in [0.3, 0.4) is 0 Å². The summed E-state index contributed by atoms with van der Waals surface area (Å²) < 4.78 is 0. The minimum Gasteiger partial charge on any atom is -0.115 e. The molecule has 0 spiro atoms. The highest BCUT2D eigenvalue weighted by Gasteiger charge is 2.27. The Balaban J connectivity index is 2.54. The first-order valence-electron chi connectivity index (χ1n) is 7.13. The predicted molar refractivity (Wildman–Crippen MR) is 92.0 cm³/mol. The zero-order valence-electron chi connectivity index (χ0n) is 12.8. The number of hydrogen-bond donors (Lipinski definition) is 0. The fourth-order valence-corrected chi connectivity index (χ4v) is 4.00. The molecular weight excluding hydrogens is 256 g/mol. The molecule has 2 aromatic rings. The Morgan fingerprint density at radius 3 is 2.35 bits per heavy atom. The summed E-state index contributed by atoms with van der Waals surface area (Å²) >= 11 is 0. The third-order valence-corrected chi connectivity index (χ3v) is 9.13. The predicted octanol–water partition coefficient (Wildman–Crippen LogP) is 4.66. The smallest absolute Gasteiger partial charge is 0.0831 e. The second-order valence-corrected chi connectivity index (χ2v) is 11.3. The fourth-order valence-electron chi connectivity index (χ4n) is 2.28. The van der Waals surface area contributed by atoms with E-state index in [9.17, 15) is 0 Å². The van der Waals surface area contributed by atoms with Crippen LogP contribution in [-0.2, 0) is 0 Å². The highest BCUT2D eigenvalue weighted by Crippen LogP contribution is 2.25. The Labute approximate surface area is 123 Å². The molecule has 0 nitrogen and oxygen atoms in total. The molecule has 2 aromatic carbocycles. The van der Waals surface area contributed by atoms with Gasteiger partial charge in [0.05, 0.1) is 8.07 Å². The number of benzene rings is 2. The molecule has 0 bridgehead atoms. The van der Waals surface area contributed by atoms with Gasteiger partial charge in [0, 0.05) is 5.56 Å². The van der Waals surface area contributed by atoms with E-state index in [0.717, 1.165) is 16.7 Å². The van der Waals surface area contributed by atoms with Crippen LogP contribution in [0.2, 0.25) is 18.6 Å². The minimum absolute atomic E-state index is 0.723. The summed E-state index contributed by atoms with van der Waals surface area (Å²) in [5.41, 5.74) is 4.08. The van der Waals surface area contributed by atoms with Crippen LogP contribution in [0.15, 0.2) is 48.5 Å². The Morgan fingerprint density at radius 2 is 1.70 bits per heavy atom. The molecule has 0 saturated carbocycles. The molecule has 0 fully saturated rings. The minimum atomic E-state index is -1.40. The molecular formula is C19H22Si. The van der Waals surface area contributed by atoms with Crippen molar-refractivity contribution in [3.05, 3.63) is 54.1 Å². The monoisotopic (exact) mass is 278 g/mol. The third kappa shape index (κ3) is 2.71. The van der Waals surface area contributed by atoms with Gasteiger partial charge in [-0.05, 0) is 22.7 Å². The van der Waals surface area contributed by atoms with Crippen LogP contribution in [0.25, 0.3) is 11.1 Å². The van der Waals surface area contributed by atoms with Gasteiger partial charge in [-0.1, -0.05) is 80.5 Å². The summed E-state index contributed by atoms with van der Waals surface area (Å²) in [7, 11) is -1.40. The molecule has 0 aliphatic rings. The first kappa shape index (κ1) is 14.6. The molecule has 2 rings (SSSR count). The lowest BCUT2D eigenvalue weighted by Crippen LogP contribution is -2.44. The average molecular weight is 278 g/mol. The SMILES string of the molecule is C#Cc1ccccc1-c1cccc([Si](C)(C)C(C)C)c1. The lowest BCUT2D eigenvalue weighted by atomic mass is 10.0. The molecule has 0 amide bonds. The molecule has 0 aliphatic heterocycles. The maximum atomic E-state index is 5.62. The van der Waals surface area contributed by atoms with Crippen molar-refractivity contribution in [3.8, 4) is 23.5 Å². The first-order chi connectivity index (χ1) is 9.46. The van der Waals surface area contributed by atoms with Gasteiger partial charge in [0.25, 0.3) is 0 Å². The summed E-state index contributed by atoms with van der Waals surface area (Å²) in [6.45, 7) is 9.52. The Kier molecular flexibility index (Phi) is 4.16. The van der Waals surface area contributed by atoms with Gasteiger partial charge in [-0.2, -0.15) is 0 Å². The van der Waals surface area contributed by atoms with E-state index in [1.54, 1.807) is 0 Å². The van der Waals surface area contributed by atoms with Crippen LogP contribution in [-0.4, -0.2) is 8.07 Å². The lowest BCUT2D eigenvalue weighted by molar-refractivity contribution is 1.02. The van der Waals surface area contributed by atoms with Crippen LogP contribution < -0.4 is 5.19 Å². The lowest BCUT2D eigenvalue weighted by Gasteiger charge is -2.28. The zero-order valence-corrected chi connectivity index (χ0v) is 13.8. The van der Waals surface area contributed by atoms with E-state index in [0.29, 0.717) is 0 Å². The van der Waals surface area contributed by atoms with Crippen molar-refractivity contribution in [2.45, 2.75) is 32.5 Å². The van der Waals surface area contributed by atoms with E-state index in [2.05, 4.69) is 63.2 Å². The van der Waals surface area contributed by atoms with Crippen molar-refractivity contribution in [2.24, 2.45) is 0 Å². The fraction of sp³-hybridized carbons (Fsp3) is 0.263. The van der Waals surface area contributed by atoms with Crippen molar-refractivity contribution < 1.29 is 0 Å². The van der Waals surface area contributed by atoms with Crippen molar-refractivity contribution in [3.63, 3.8) is 0 Å². The second-order valence-electron chi connectivity index (χ2n) is 6.15. The molecule has 0 aromatic heterocycles. The van der Waals surface area contributed by atoms with Crippen LogP contribution in [0.5, 0.6) is 0 Å². The normalized spacial score (nSPS) is 11.4. The van der Waals surface area contributed by atoms with Crippen LogP contribution in [0, 0.1) is 12.3 Å². The van der Waals surface area contributed by atoms with Gasteiger partial charge in [0.2, 0.25) is 0 Å². The molecule has 0 N–H and O–H groups in total. The number of hydrogen-bond acceptors (Lipinski definition) is 0. The summed E-state index contributed by atoms with van der Waals surface area (Å²) in [6, 6.07) is 17.1. The second kappa shape index (κ2) is 5.69. The first-order valence-corrected chi connectivity index (χ1v) is 10.2. The van der Waals surface area contributed by atoms with E-state index >= 15 is 0 Å². The van der Waals surface area contributed by atoms with Crippen LogP contribution >= 0.6 is 0 Å². The van der Waals surface area contributed by atoms with Gasteiger partial charge < -0.3 is 0 Å². The Bertz CT molecular complexity index is 645. The summed E-state index contributed by atoms with van der Waals surface area (Å²) in [5, 5.41) is 1.50. The maximum absolute atomic E-state index is 5.62. The van der Waals surface area contributed by atoms with Gasteiger partial charge >= 0.3 is 0 Å². The Morgan fingerprint density at radius 1 is 1.00 bits per heavy atom. The maximum Gasteiger partial charge on any atom is 0.0831 e. The van der Waals surface area contributed by atoms with E-state index in [1.807, 2.05) is 18.2 Å². The van der Waals surface area contributed by atoms with Crippen molar-refractivity contribution in [1.29, 1.82) is 0 Å². The van der Waals surface area contributed by atoms with Crippen LogP contribution in [0.4, 0.5) is 0 Å². The molecule has 0 saturated heterocycles. The molecule has 0 aliphatic carbocycles.